The SMILES string of the molecule is O=C1NC(=O)C(Cc2ccc3c(c2)OCO3)S1. The van der Waals surface area contributed by atoms with E-state index in [0.717, 1.165) is 17.3 Å². The summed E-state index contributed by atoms with van der Waals surface area (Å²) in [6.45, 7) is 0.232. The van der Waals surface area contributed by atoms with Gasteiger partial charge in [0.05, 0.1) is 5.25 Å². The predicted octanol–water partition coefficient (Wildman–Crippen LogP) is 1.31. The summed E-state index contributed by atoms with van der Waals surface area (Å²) in [7, 11) is 0. The highest BCUT2D eigenvalue weighted by molar-refractivity contribution is 8.15. The summed E-state index contributed by atoms with van der Waals surface area (Å²) in [4.78, 5) is 22.4. The maximum Gasteiger partial charge on any atom is 0.286 e. The zero-order valence-corrected chi connectivity index (χ0v) is 9.58. The van der Waals surface area contributed by atoms with E-state index in [1.807, 2.05) is 18.2 Å². The molecule has 2 amide bonds. The van der Waals surface area contributed by atoms with Crippen molar-refractivity contribution in [2.45, 2.75) is 11.7 Å². The van der Waals surface area contributed by atoms with Crippen molar-refractivity contribution in [2.24, 2.45) is 0 Å². The van der Waals surface area contributed by atoms with Crippen LogP contribution in [0.3, 0.4) is 0 Å². The highest BCUT2D eigenvalue weighted by Crippen LogP contribution is 2.33. The first-order valence-corrected chi connectivity index (χ1v) is 6.00. The second kappa shape index (κ2) is 3.96. The first-order chi connectivity index (χ1) is 8.22. The van der Waals surface area contributed by atoms with Crippen LogP contribution in [0.4, 0.5) is 4.79 Å². The molecule has 88 valence electrons. The number of amides is 2. The number of hydrogen-bond donors (Lipinski definition) is 1. The van der Waals surface area contributed by atoms with E-state index >= 15 is 0 Å². The molecule has 5 nitrogen and oxygen atoms in total. The van der Waals surface area contributed by atoms with Crippen molar-refractivity contribution in [3.63, 3.8) is 0 Å². The van der Waals surface area contributed by atoms with Gasteiger partial charge >= 0.3 is 0 Å². The molecule has 2 aliphatic rings. The van der Waals surface area contributed by atoms with Crippen LogP contribution >= 0.6 is 11.8 Å². The first kappa shape index (κ1) is 10.5. The Kier molecular flexibility index (Phi) is 2.44. The van der Waals surface area contributed by atoms with Crippen LogP contribution < -0.4 is 14.8 Å². The Bertz CT molecular complexity index is 502. The van der Waals surface area contributed by atoms with Gasteiger partial charge in [-0.2, -0.15) is 0 Å². The topological polar surface area (TPSA) is 64.6 Å². The summed E-state index contributed by atoms with van der Waals surface area (Å²) in [6, 6.07) is 5.54. The number of fused-ring (bicyclic) bond motifs is 1. The van der Waals surface area contributed by atoms with Gasteiger partial charge in [-0.05, 0) is 24.1 Å². The van der Waals surface area contributed by atoms with Gasteiger partial charge in [0, 0.05) is 0 Å². The molecule has 1 aromatic rings. The monoisotopic (exact) mass is 251 g/mol. The normalized spacial score (nSPS) is 21.8. The molecule has 1 aromatic carbocycles. The smallest absolute Gasteiger partial charge is 0.286 e. The molecule has 1 atom stereocenters. The van der Waals surface area contributed by atoms with Crippen molar-refractivity contribution in [3.05, 3.63) is 23.8 Å². The van der Waals surface area contributed by atoms with Gasteiger partial charge in [0.1, 0.15) is 0 Å². The molecule has 0 radical (unpaired) electrons. The number of imide groups is 1. The number of thioether (sulfide) groups is 1. The summed E-state index contributed by atoms with van der Waals surface area (Å²) in [5.41, 5.74) is 0.955. The zero-order valence-electron chi connectivity index (χ0n) is 8.76. The van der Waals surface area contributed by atoms with Gasteiger partial charge in [0.25, 0.3) is 5.24 Å². The summed E-state index contributed by atoms with van der Waals surface area (Å²) < 4.78 is 10.5. The Morgan fingerprint density at radius 2 is 2.12 bits per heavy atom. The Morgan fingerprint density at radius 1 is 1.29 bits per heavy atom. The molecule has 17 heavy (non-hydrogen) atoms. The Labute approximate surface area is 101 Å². The minimum atomic E-state index is -0.345. The highest BCUT2D eigenvalue weighted by atomic mass is 32.2. The minimum Gasteiger partial charge on any atom is -0.454 e. The molecule has 0 aromatic heterocycles. The standard InChI is InChI=1S/C11H9NO4S/c13-10-9(17-11(14)12-10)4-6-1-2-7-8(3-6)16-5-15-7/h1-3,9H,4-5H2,(H,12,13,14). The summed E-state index contributed by atoms with van der Waals surface area (Å²) >= 11 is 1.03. The zero-order chi connectivity index (χ0) is 11.8. The van der Waals surface area contributed by atoms with Crippen molar-refractivity contribution in [3.8, 4) is 11.5 Å². The Balaban J connectivity index is 1.77. The number of rotatable bonds is 2. The lowest BCUT2D eigenvalue weighted by molar-refractivity contribution is -0.118. The third-order valence-electron chi connectivity index (χ3n) is 2.63. The molecule has 3 rings (SSSR count). The first-order valence-electron chi connectivity index (χ1n) is 5.12. The molecule has 6 heteroatoms. The van der Waals surface area contributed by atoms with Gasteiger partial charge in [-0.25, -0.2) is 0 Å². The molecule has 0 saturated carbocycles. The van der Waals surface area contributed by atoms with Crippen LogP contribution in [0.25, 0.3) is 0 Å². The molecule has 0 spiro atoms. The molecule has 1 saturated heterocycles. The number of carbonyl (C=O) groups is 2. The summed E-state index contributed by atoms with van der Waals surface area (Å²) in [5, 5.41) is 1.65. The molecule has 2 heterocycles. The van der Waals surface area contributed by atoms with E-state index in [-0.39, 0.29) is 23.2 Å². The number of carbonyl (C=O) groups excluding carboxylic acids is 2. The average Bonchev–Trinajstić information content (AvgIpc) is 2.85. The Hall–Kier alpha value is -1.69. The lowest BCUT2D eigenvalue weighted by atomic mass is 10.1. The second-order valence-electron chi connectivity index (χ2n) is 3.77. The second-order valence-corrected chi connectivity index (χ2v) is 4.95. The maximum absolute atomic E-state index is 11.4. The van der Waals surface area contributed by atoms with Crippen molar-refractivity contribution >= 4 is 22.9 Å². The van der Waals surface area contributed by atoms with Crippen LogP contribution in [-0.4, -0.2) is 23.2 Å². The van der Waals surface area contributed by atoms with Crippen LogP contribution in [0.1, 0.15) is 5.56 Å². The molecule has 1 N–H and O–H groups in total. The molecule has 1 unspecified atom stereocenters. The van der Waals surface area contributed by atoms with Crippen LogP contribution in [0.2, 0.25) is 0 Å². The van der Waals surface area contributed by atoms with E-state index in [2.05, 4.69) is 5.32 Å². The van der Waals surface area contributed by atoms with Crippen LogP contribution in [-0.2, 0) is 11.2 Å². The van der Waals surface area contributed by atoms with Gasteiger partial charge in [0.15, 0.2) is 11.5 Å². The number of hydrogen-bond acceptors (Lipinski definition) is 5. The molecular weight excluding hydrogens is 242 g/mol. The lowest BCUT2D eigenvalue weighted by Crippen LogP contribution is -2.25. The fraction of sp³-hybridized carbons (Fsp3) is 0.273. The largest absolute Gasteiger partial charge is 0.454 e. The molecule has 0 aliphatic carbocycles. The molecule has 2 aliphatic heterocycles. The molecular formula is C11H9NO4S. The van der Waals surface area contributed by atoms with Gasteiger partial charge in [-0.1, -0.05) is 17.8 Å². The minimum absolute atomic E-state index is 0.224. The maximum atomic E-state index is 11.4. The van der Waals surface area contributed by atoms with Crippen molar-refractivity contribution in [1.82, 2.24) is 5.32 Å². The third kappa shape index (κ3) is 1.95. The van der Waals surface area contributed by atoms with E-state index in [1.54, 1.807) is 0 Å². The summed E-state index contributed by atoms with van der Waals surface area (Å²) in [5.74, 6) is 1.18. The van der Waals surface area contributed by atoms with Gasteiger partial charge in [-0.3, -0.25) is 14.9 Å². The summed E-state index contributed by atoms with van der Waals surface area (Å²) in [6.07, 6.45) is 0.513. The van der Waals surface area contributed by atoms with Gasteiger partial charge in [0.2, 0.25) is 12.7 Å². The van der Waals surface area contributed by atoms with E-state index in [9.17, 15) is 9.59 Å². The van der Waals surface area contributed by atoms with Crippen LogP contribution in [0.15, 0.2) is 18.2 Å². The number of nitrogens with one attached hydrogen (secondary N) is 1. The van der Waals surface area contributed by atoms with Crippen molar-refractivity contribution < 1.29 is 19.1 Å². The van der Waals surface area contributed by atoms with E-state index in [0.29, 0.717) is 17.9 Å². The van der Waals surface area contributed by atoms with Crippen molar-refractivity contribution in [1.29, 1.82) is 0 Å². The van der Waals surface area contributed by atoms with Gasteiger partial charge < -0.3 is 9.47 Å². The van der Waals surface area contributed by atoms with Crippen LogP contribution in [0.5, 0.6) is 11.5 Å². The molecule has 1 fully saturated rings. The fourth-order valence-electron chi connectivity index (χ4n) is 1.81. The predicted molar refractivity (Wildman–Crippen MR) is 61.2 cm³/mol. The number of ether oxygens (including phenoxy) is 2. The molecule has 0 bridgehead atoms. The highest BCUT2D eigenvalue weighted by Gasteiger charge is 2.31. The number of benzene rings is 1. The fourth-order valence-corrected chi connectivity index (χ4v) is 2.67. The van der Waals surface area contributed by atoms with E-state index < -0.39 is 0 Å². The van der Waals surface area contributed by atoms with E-state index in [1.165, 1.54) is 0 Å². The lowest BCUT2D eigenvalue weighted by Gasteiger charge is -2.05. The Morgan fingerprint density at radius 3 is 2.88 bits per heavy atom. The van der Waals surface area contributed by atoms with Crippen LogP contribution in [0, 0.1) is 0 Å². The average molecular weight is 251 g/mol. The van der Waals surface area contributed by atoms with E-state index in [4.69, 9.17) is 9.47 Å². The van der Waals surface area contributed by atoms with Gasteiger partial charge in [-0.15, -0.1) is 0 Å². The van der Waals surface area contributed by atoms with Crippen molar-refractivity contribution in [2.75, 3.05) is 6.79 Å². The third-order valence-corrected chi connectivity index (χ3v) is 3.61. The quantitative estimate of drug-likeness (QED) is 0.858.